The maximum Gasteiger partial charge on any atom is 0.360 e. The number of ether oxygens (including phenoxy) is 1. The molecule has 1 fully saturated rings. The molecule has 1 saturated carbocycles. The fraction of sp³-hybridized carbons (Fsp3) is 0.692. The van der Waals surface area contributed by atoms with Gasteiger partial charge in [0.2, 0.25) is 5.91 Å². The van der Waals surface area contributed by atoms with Crippen molar-refractivity contribution in [2.24, 2.45) is 0 Å². The molecule has 1 aromatic heterocycles. The van der Waals surface area contributed by atoms with Crippen molar-refractivity contribution in [1.29, 1.82) is 0 Å². The van der Waals surface area contributed by atoms with Crippen LogP contribution in [0.4, 0.5) is 0 Å². The van der Waals surface area contributed by atoms with Crippen LogP contribution in [0.3, 0.4) is 0 Å². The first-order chi connectivity index (χ1) is 9.65. The van der Waals surface area contributed by atoms with Gasteiger partial charge in [0.15, 0.2) is 5.69 Å². The van der Waals surface area contributed by atoms with Gasteiger partial charge >= 0.3 is 5.97 Å². The van der Waals surface area contributed by atoms with E-state index in [-0.39, 0.29) is 18.1 Å². The molecule has 1 aliphatic rings. The third kappa shape index (κ3) is 3.55. The van der Waals surface area contributed by atoms with Gasteiger partial charge in [0.25, 0.3) is 0 Å². The van der Waals surface area contributed by atoms with E-state index in [1.807, 2.05) is 6.92 Å². The van der Waals surface area contributed by atoms with Crippen LogP contribution in [0.2, 0.25) is 0 Å². The lowest BCUT2D eigenvalue weighted by Crippen LogP contribution is -2.30. The third-order valence-corrected chi connectivity index (χ3v) is 3.03. The number of hydrogen-bond acceptors (Lipinski definition) is 5. The van der Waals surface area contributed by atoms with E-state index in [9.17, 15) is 9.59 Å². The molecular formula is C13H20N4O3. The Morgan fingerprint density at radius 2 is 2.15 bits per heavy atom. The minimum absolute atomic E-state index is 0.0924. The van der Waals surface area contributed by atoms with E-state index in [1.54, 1.807) is 6.92 Å². The lowest BCUT2D eigenvalue weighted by atomic mass is 10.2. The van der Waals surface area contributed by atoms with E-state index in [4.69, 9.17) is 4.74 Å². The van der Waals surface area contributed by atoms with E-state index in [2.05, 4.69) is 15.6 Å². The van der Waals surface area contributed by atoms with Crippen LogP contribution in [-0.2, 0) is 22.5 Å². The fourth-order valence-corrected chi connectivity index (χ4v) is 1.94. The molecule has 1 heterocycles. The molecule has 0 radical (unpaired) electrons. The first-order valence-corrected chi connectivity index (χ1v) is 7.04. The molecule has 0 saturated heterocycles. The smallest absolute Gasteiger partial charge is 0.360 e. The molecule has 0 atom stereocenters. The standard InChI is InChI=1S/C13H20N4O3/c1-3-5-10-12(13(19)20-4-2)15-16-17(10)8-11(18)14-9-6-7-9/h9H,3-8H2,1-2H3,(H,14,18). The van der Waals surface area contributed by atoms with Gasteiger partial charge < -0.3 is 10.1 Å². The summed E-state index contributed by atoms with van der Waals surface area (Å²) in [5.41, 5.74) is 0.879. The lowest BCUT2D eigenvalue weighted by Gasteiger charge is -2.07. The summed E-state index contributed by atoms with van der Waals surface area (Å²) in [6.45, 7) is 4.12. The first-order valence-electron chi connectivity index (χ1n) is 7.04. The Morgan fingerprint density at radius 1 is 1.40 bits per heavy atom. The van der Waals surface area contributed by atoms with E-state index in [0.29, 0.717) is 24.8 Å². The topological polar surface area (TPSA) is 86.1 Å². The highest BCUT2D eigenvalue weighted by Crippen LogP contribution is 2.18. The number of carbonyl (C=O) groups is 2. The normalized spacial score (nSPS) is 14.1. The molecule has 1 aliphatic carbocycles. The number of nitrogens with one attached hydrogen (secondary N) is 1. The molecule has 20 heavy (non-hydrogen) atoms. The van der Waals surface area contributed by atoms with E-state index in [1.165, 1.54) is 4.68 Å². The number of hydrogen-bond donors (Lipinski definition) is 1. The van der Waals surface area contributed by atoms with Crippen LogP contribution >= 0.6 is 0 Å². The second-order valence-corrected chi connectivity index (χ2v) is 4.85. The van der Waals surface area contributed by atoms with Gasteiger partial charge in [-0.15, -0.1) is 5.10 Å². The predicted molar refractivity (Wildman–Crippen MR) is 71.1 cm³/mol. The average Bonchev–Trinajstić information content (AvgIpc) is 3.12. The summed E-state index contributed by atoms with van der Waals surface area (Å²) in [6, 6.07) is 0.310. The highest BCUT2D eigenvalue weighted by molar-refractivity contribution is 5.88. The molecule has 1 N–H and O–H groups in total. The van der Waals surface area contributed by atoms with Crippen LogP contribution in [0, 0.1) is 0 Å². The Bertz CT molecular complexity index is 494. The largest absolute Gasteiger partial charge is 0.461 e. The summed E-state index contributed by atoms with van der Waals surface area (Å²) < 4.78 is 6.45. The van der Waals surface area contributed by atoms with Gasteiger partial charge in [-0.05, 0) is 26.2 Å². The number of nitrogens with zero attached hydrogens (tertiary/aromatic N) is 3. The number of amides is 1. The molecule has 0 aliphatic heterocycles. The second kappa shape index (κ2) is 6.49. The van der Waals surface area contributed by atoms with Gasteiger partial charge in [-0.25, -0.2) is 9.48 Å². The Balaban J connectivity index is 2.10. The van der Waals surface area contributed by atoms with Crippen molar-refractivity contribution in [3.8, 4) is 0 Å². The lowest BCUT2D eigenvalue weighted by molar-refractivity contribution is -0.122. The van der Waals surface area contributed by atoms with Crippen molar-refractivity contribution < 1.29 is 14.3 Å². The molecule has 7 nitrogen and oxygen atoms in total. The van der Waals surface area contributed by atoms with Crippen LogP contribution in [0.25, 0.3) is 0 Å². The number of aromatic nitrogens is 3. The maximum atomic E-state index is 11.8. The summed E-state index contributed by atoms with van der Waals surface area (Å²) in [5, 5.41) is 10.7. The Kier molecular flexibility index (Phi) is 4.70. The minimum Gasteiger partial charge on any atom is -0.461 e. The molecular weight excluding hydrogens is 260 g/mol. The van der Waals surface area contributed by atoms with Crippen molar-refractivity contribution in [1.82, 2.24) is 20.3 Å². The first kappa shape index (κ1) is 14.5. The van der Waals surface area contributed by atoms with E-state index >= 15 is 0 Å². The van der Waals surface area contributed by atoms with Crippen LogP contribution in [0.1, 0.15) is 49.3 Å². The van der Waals surface area contributed by atoms with Crippen LogP contribution < -0.4 is 5.32 Å². The fourth-order valence-electron chi connectivity index (χ4n) is 1.94. The van der Waals surface area contributed by atoms with Gasteiger partial charge in [-0.3, -0.25) is 4.79 Å². The summed E-state index contributed by atoms with van der Waals surface area (Å²) >= 11 is 0. The predicted octanol–water partition coefficient (Wildman–Crippen LogP) is 0.686. The number of carbonyl (C=O) groups excluding carboxylic acids is 2. The quantitative estimate of drug-likeness (QED) is 0.742. The van der Waals surface area contributed by atoms with Crippen LogP contribution in [0.5, 0.6) is 0 Å². The van der Waals surface area contributed by atoms with E-state index < -0.39 is 5.97 Å². The minimum atomic E-state index is -0.482. The Morgan fingerprint density at radius 3 is 2.75 bits per heavy atom. The van der Waals surface area contributed by atoms with Crippen molar-refractivity contribution in [3.63, 3.8) is 0 Å². The second-order valence-electron chi connectivity index (χ2n) is 4.85. The third-order valence-electron chi connectivity index (χ3n) is 3.03. The van der Waals surface area contributed by atoms with Gasteiger partial charge in [-0.1, -0.05) is 18.6 Å². The highest BCUT2D eigenvalue weighted by Gasteiger charge is 2.25. The maximum absolute atomic E-state index is 11.8. The summed E-state index contributed by atoms with van der Waals surface area (Å²) in [4.78, 5) is 23.6. The Labute approximate surface area is 117 Å². The SMILES string of the molecule is CCCc1c(C(=O)OCC)nnn1CC(=O)NC1CC1. The molecule has 0 unspecified atom stereocenters. The highest BCUT2D eigenvalue weighted by atomic mass is 16.5. The summed E-state index contributed by atoms with van der Waals surface area (Å²) in [5.74, 6) is -0.574. The monoisotopic (exact) mass is 280 g/mol. The van der Waals surface area contributed by atoms with E-state index in [0.717, 1.165) is 19.3 Å². The average molecular weight is 280 g/mol. The molecule has 0 spiro atoms. The zero-order valence-electron chi connectivity index (χ0n) is 11.9. The summed E-state index contributed by atoms with van der Waals surface area (Å²) in [7, 11) is 0. The van der Waals surface area contributed by atoms with Crippen molar-refractivity contribution in [2.45, 2.75) is 52.1 Å². The van der Waals surface area contributed by atoms with Crippen LogP contribution in [0.15, 0.2) is 0 Å². The molecule has 0 aromatic carbocycles. The van der Waals surface area contributed by atoms with Crippen molar-refractivity contribution >= 4 is 11.9 Å². The zero-order chi connectivity index (χ0) is 14.5. The molecule has 110 valence electrons. The van der Waals surface area contributed by atoms with Gasteiger partial charge in [0.1, 0.15) is 6.54 Å². The molecule has 1 amide bonds. The molecule has 1 aromatic rings. The summed E-state index contributed by atoms with van der Waals surface area (Å²) in [6.07, 6.45) is 3.56. The Hall–Kier alpha value is -1.92. The molecule has 2 rings (SSSR count). The zero-order valence-corrected chi connectivity index (χ0v) is 11.9. The van der Waals surface area contributed by atoms with Crippen molar-refractivity contribution in [3.05, 3.63) is 11.4 Å². The number of rotatable bonds is 7. The molecule has 0 bridgehead atoms. The van der Waals surface area contributed by atoms with Crippen LogP contribution in [-0.4, -0.2) is 39.5 Å². The van der Waals surface area contributed by atoms with Gasteiger partial charge in [0, 0.05) is 6.04 Å². The van der Waals surface area contributed by atoms with Gasteiger partial charge in [-0.2, -0.15) is 0 Å². The number of esters is 1. The van der Waals surface area contributed by atoms with Gasteiger partial charge in [0.05, 0.1) is 12.3 Å². The molecule has 7 heteroatoms. The van der Waals surface area contributed by atoms with Crippen molar-refractivity contribution in [2.75, 3.05) is 6.61 Å².